The number of halogens is 1. The summed E-state index contributed by atoms with van der Waals surface area (Å²) in [6, 6.07) is 0. The smallest absolute Gasteiger partial charge is 0.191 e. The van der Waals surface area contributed by atoms with E-state index >= 15 is 0 Å². The number of nitrogens with zero attached hydrogens (tertiary/aromatic N) is 4. The van der Waals surface area contributed by atoms with Crippen LogP contribution in [0.5, 0.6) is 0 Å². The molecule has 0 atom stereocenters. The molecule has 2 heterocycles. The zero-order valence-electron chi connectivity index (χ0n) is 12.1. The third-order valence-electron chi connectivity index (χ3n) is 3.71. The molecule has 106 valence electrons. The molecule has 1 aliphatic rings. The van der Waals surface area contributed by atoms with Gasteiger partial charge in [0.1, 0.15) is 0 Å². The highest BCUT2D eigenvalue weighted by atomic mass is 127. The fourth-order valence-corrected chi connectivity index (χ4v) is 2.92. The van der Waals surface area contributed by atoms with Gasteiger partial charge in [-0.25, -0.2) is 9.97 Å². The molecule has 0 unspecified atom stereocenters. The first-order valence-corrected chi connectivity index (χ1v) is 8.08. The fraction of sp³-hybridized carbons (Fsp3) is 0.533. The first kappa shape index (κ1) is 14.0. The average molecular weight is 382 g/mol. The summed E-state index contributed by atoms with van der Waals surface area (Å²) in [5.41, 5.74) is 5.17. The van der Waals surface area contributed by atoms with Crippen LogP contribution in [0.25, 0.3) is 11.4 Å². The van der Waals surface area contributed by atoms with Gasteiger partial charge in [0.2, 0.25) is 0 Å². The Bertz CT molecular complexity index is 640. The van der Waals surface area contributed by atoms with Gasteiger partial charge in [-0.15, -0.1) is 0 Å². The Morgan fingerprint density at radius 1 is 1.20 bits per heavy atom. The second-order valence-corrected chi connectivity index (χ2v) is 7.53. The Labute approximate surface area is 133 Å². The van der Waals surface area contributed by atoms with Crippen molar-refractivity contribution in [3.8, 4) is 11.4 Å². The van der Waals surface area contributed by atoms with Crippen molar-refractivity contribution in [3.05, 3.63) is 27.4 Å². The number of hydrogen-bond acceptors (Lipinski definition) is 3. The van der Waals surface area contributed by atoms with Gasteiger partial charge in [-0.2, -0.15) is 5.10 Å². The summed E-state index contributed by atoms with van der Waals surface area (Å²) in [6.07, 6.45) is 7.15. The molecule has 0 fully saturated rings. The number of hydrogen-bond donors (Lipinski definition) is 0. The van der Waals surface area contributed by atoms with Crippen molar-refractivity contribution in [1.82, 2.24) is 19.7 Å². The molecule has 0 bridgehead atoms. The van der Waals surface area contributed by atoms with E-state index < -0.39 is 0 Å². The largest absolute Gasteiger partial charge is 0.263 e. The lowest BCUT2D eigenvalue weighted by atomic mass is 9.92. The maximum atomic E-state index is 4.65. The van der Waals surface area contributed by atoms with E-state index in [0.717, 1.165) is 35.3 Å². The van der Waals surface area contributed by atoms with E-state index in [9.17, 15) is 0 Å². The minimum atomic E-state index is 0.316. The van der Waals surface area contributed by atoms with Crippen LogP contribution in [-0.4, -0.2) is 19.7 Å². The molecular weight excluding hydrogens is 363 g/mol. The van der Waals surface area contributed by atoms with Crippen molar-refractivity contribution in [3.63, 3.8) is 0 Å². The topological polar surface area (TPSA) is 43.6 Å². The summed E-state index contributed by atoms with van der Waals surface area (Å²) in [6.45, 7) is 7.74. The van der Waals surface area contributed by atoms with Crippen molar-refractivity contribution in [1.29, 1.82) is 0 Å². The standard InChI is InChI=1S/C15H19IN4/c1-15(2,3)6-7-20-13-11(9-18-20)5-4-10-8-17-14(16)19-12(10)13/h8-9H,4-7H2,1-3H3. The lowest BCUT2D eigenvalue weighted by molar-refractivity contribution is 0.342. The van der Waals surface area contributed by atoms with Gasteiger partial charge in [-0.3, -0.25) is 4.68 Å². The Morgan fingerprint density at radius 3 is 2.70 bits per heavy atom. The number of aromatic nitrogens is 4. The van der Waals surface area contributed by atoms with Crippen LogP contribution in [-0.2, 0) is 19.4 Å². The van der Waals surface area contributed by atoms with Gasteiger partial charge in [-0.05, 0) is 30.2 Å². The second-order valence-electron chi connectivity index (χ2n) is 6.57. The lowest BCUT2D eigenvalue weighted by Crippen LogP contribution is -2.15. The maximum Gasteiger partial charge on any atom is 0.191 e. The fourth-order valence-electron chi connectivity index (χ4n) is 2.53. The molecule has 4 nitrogen and oxygen atoms in total. The Hall–Kier alpha value is -0.980. The summed E-state index contributed by atoms with van der Waals surface area (Å²) >= 11 is 2.18. The number of aryl methyl sites for hydroxylation is 3. The first-order valence-electron chi connectivity index (χ1n) is 7.00. The molecular formula is C15H19IN4. The number of fused-ring (bicyclic) bond motifs is 3. The predicted molar refractivity (Wildman–Crippen MR) is 87.5 cm³/mol. The van der Waals surface area contributed by atoms with Crippen LogP contribution in [0.3, 0.4) is 0 Å². The molecule has 0 saturated heterocycles. The number of rotatable bonds is 2. The van der Waals surface area contributed by atoms with Crippen LogP contribution < -0.4 is 0 Å². The highest BCUT2D eigenvalue weighted by Crippen LogP contribution is 2.32. The van der Waals surface area contributed by atoms with Crippen LogP contribution in [0.4, 0.5) is 0 Å². The van der Waals surface area contributed by atoms with Crippen molar-refractivity contribution < 1.29 is 0 Å². The van der Waals surface area contributed by atoms with Gasteiger partial charge < -0.3 is 0 Å². The van der Waals surface area contributed by atoms with E-state index in [-0.39, 0.29) is 0 Å². The van der Waals surface area contributed by atoms with E-state index in [2.05, 4.69) is 63.1 Å². The highest BCUT2D eigenvalue weighted by Gasteiger charge is 2.23. The van der Waals surface area contributed by atoms with Crippen molar-refractivity contribution in [2.75, 3.05) is 0 Å². The minimum Gasteiger partial charge on any atom is -0.263 e. The van der Waals surface area contributed by atoms with E-state index in [1.807, 2.05) is 12.4 Å². The molecule has 0 aromatic carbocycles. The Balaban J connectivity index is 2.00. The normalized spacial score (nSPS) is 14.0. The van der Waals surface area contributed by atoms with Crippen molar-refractivity contribution in [2.45, 2.75) is 46.6 Å². The van der Waals surface area contributed by atoms with Crippen LogP contribution in [0.1, 0.15) is 38.3 Å². The molecule has 0 saturated carbocycles. The van der Waals surface area contributed by atoms with E-state index in [1.165, 1.54) is 16.8 Å². The van der Waals surface area contributed by atoms with E-state index in [1.54, 1.807) is 0 Å². The molecule has 0 spiro atoms. The first-order chi connectivity index (χ1) is 9.44. The van der Waals surface area contributed by atoms with Gasteiger partial charge in [-0.1, -0.05) is 20.8 Å². The van der Waals surface area contributed by atoms with Gasteiger partial charge in [0.05, 0.1) is 17.6 Å². The highest BCUT2D eigenvalue weighted by molar-refractivity contribution is 14.1. The third kappa shape index (κ3) is 2.73. The molecule has 0 radical (unpaired) electrons. The molecule has 3 rings (SSSR count). The second kappa shape index (κ2) is 5.09. The van der Waals surface area contributed by atoms with Crippen LogP contribution in [0.2, 0.25) is 0 Å². The molecule has 20 heavy (non-hydrogen) atoms. The summed E-state index contributed by atoms with van der Waals surface area (Å²) in [5.74, 6) is 0. The van der Waals surface area contributed by atoms with Gasteiger partial charge >= 0.3 is 0 Å². The lowest BCUT2D eigenvalue weighted by Gasteiger charge is -2.21. The van der Waals surface area contributed by atoms with Crippen molar-refractivity contribution >= 4 is 22.6 Å². The van der Waals surface area contributed by atoms with Crippen molar-refractivity contribution in [2.24, 2.45) is 5.41 Å². The molecule has 0 aliphatic heterocycles. The molecule has 0 N–H and O–H groups in total. The predicted octanol–water partition coefficient (Wildman–Crippen LogP) is 3.48. The molecule has 5 heteroatoms. The molecule has 2 aromatic heterocycles. The van der Waals surface area contributed by atoms with Gasteiger partial charge in [0.15, 0.2) is 3.83 Å². The van der Waals surface area contributed by atoms with Crippen LogP contribution in [0.15, 0.2) is 12.4 Å². The maximum absolute atomic E-state index is 4.65. The Kier molecular flexibility index (Phi) is 3.56. The monoisotopic (exact) mass is 382 g/mol. The summed E-state index contributed by atoms with van der Waals surface area (Å²) in [4.78, 5) is 8.96. The van der Waals surface area contributed by atoms with E-state index in [4.69, 9.17) is 0 Å². The SMILES string of the molecule is CC(C)(C)CCn1ncc2c1-c1nc(I)ncc1CC2. The zero-order valence-corrected chi connectivity index (χ0v) is 14.3. The molecule has 1 aliphatic carbocycles. The minimum absolute atomic E-state index is 0.316. The zero-order chi connectivity index (χ0) is 14.3. The molecule has 0 amide bonds. The summed E-state index contributed by atoms with van der Waals surface area (Å²) < 4.78 is 2.93. The van der Waals surface area contributed by atoms with Crippen LogP contribution in [0, 0.1) is 9.25 Å². The van der Waals surface area contributed by atoms with Crippen LogP contribution >= 0.6 is 22.6 Å². The van der Waals surface area contributed by atoms with Gasteiger partial charge in [0, 0.05) is 40.9 Å². The van der Waals surface area contributed by atoms with Gasteiger partial charge in [0.25, 0.3) is 0 Å². The van der Waals surface area contributed by atoms with E-state index in [0.29, 0.717) is 5.41 Å². The Morgan fingerprint density at radius 2 is 1.95 bits per heavy atom. The third-order valence-corrected chi connectivity index (χ3v) is 4.23. The summed E-state index contributed by atoms with van der Waals surface area (Å²) in [5, 5.41) is 4.58. The quantitative estimate of drug-likeness (QED) is 0.590. The average Bonchev–Trinajstić information content (AvgIpc) is 2.79. The molecule has 2 aromatic rings. The summed E-state index contributed by atoms with van der Waals surface area (Å²) in [7, 11) is 0.